The zero-order chi connectivity index (χ0) is 12.6. The summed E-state index contributed by atoms with van der Waals surface area (Å²) >= 11 is 0. The Morgan fingerprint density at radius 1 is 1.06 bits per heavy atom. The van der Waals surface area contributed by atoms with Gasteiger partial charge in [0.15, 0.2) is 0 Å². The Morgan fingerprint density at radius 2 is 1.71 bits per heavy atom. The van der Waals surface area contributed by atoms with Gasteiger partial charge in [0.25, 0.3) is 0 Å². The summed E-state index contributed by atoms with van der Waals surface area (Å²) < 4.78 is 45.0. The van der Waals surface area contributed by atoms with Crippen LogP contribution in [0, 0.1) is 5.92 Å². The maximum Gasteiger partial charge on any atom is 0.411 e. The van der Waals surface area contributed by atoms with Crippen LogP contribution in [0.3, 0.4) is 0 Å². The fourth-order valence-corrected chi connectivity index (χ4v) is 1.75. The van der Waals surface area contributed by atoms with Crippen LogP contribution >= 0.6 is 0 Å². The minimum Gasteiger partial charge on any atom is -0.381 e. The third-order valence-electron chi connectivity index (χ3n) is 2.66. The first-order valence-corrected chi connectivity index (χ1v) is 6.01. The molecule has 1 aliphatic heterocycles. The van der Waals surface area contributed by atoms with Crippen LogP contribution in [0.4, 0.5) is 13.2 Å². The van der Waals surface area contributed by atoms with E-state index < -0.39 is 12.8 Å². The van der Waals surface area contributed by atoms with Gasteiger partial charge in [0, 0.05) is 19.8 Å². The molecule has 0 bridgehead atoms. The highest BCUT2D eigenvalue weighted by Crippen LogP contribution is 2.14. The Hall–Kier alpha value is -0.330. The summed E-state index contributed by atoms with van der Waals surface area (Å²) in [4.78, 5) is 0. The molecule has 1 N–H and O–H groups in total. The lowest BCUT2D eigenvalue weighted by Crippen LogP contribution is -2.30. The highest BCUT2D eigenvalue weighted by Gasteiger charge is 2.27. The summed E-state index contributed by atoms with van der Waals surface area (Å²) in [5.74, 6) is 0.590. The van der Waals surface area contributed by atoms with Gasteiger partial charge in [-0.1, -0.05) is 0 Å². The SMILES string of the molecule is FC(F)(F)COCCCOCC1CCNCC1. The minimum atomic E-state index is -4.23. The lowest BCUT2D eigenvalue weighted by Gasteiger charge is -2.22. The number of ether oxygens (including phenoxy) is 2. The van der Waals surface area contributed by atoms with Gasteiger partial charge in [0.2, 0.25) is 0 Å². The number of halogens is 3. The second-order valence-corrected chi connectivity index (χ2v) is 4.29. The van der Waals surface area contributed by atoms with Crippen LogP contribution in [0.1, 0.15) is 19.3 Å². The lowest BCUT2D eigenvalue weighted by molar-refractivity contribution is -0.174. The summed E-state index contributed by atoms with van der Waals surface area (Å²) in [5.41, 5.74) is 0. The molecule has 0 spiro atoms. The average Bonchev–Trinajstić information content (AvgIpc) is 2.28. The Bertz CT molecular complexity index is 194. The second-order valence-electron chi connectivity index (χ2n) is 4.29. The van der Waals surface area contributed by atoms with E-state index in [1.54, 1.807) is 0 Å². The van der Waals surface area contributed by atoms with Crippen LogP contribution in [-0.2, 0) is 9.47 Å². The van der Waals surface area contributed by atoms with Gasteiger partial charge in [-0.15, -0.1) is 0 Å². The largest absolute Gasteiger partial charge is 0.411 e. The normalized spacial score (nSPS) is 18.5. The van der Waals surface area contributed by atoms with E-state index in [0.29, 0.717) is 25.6 Å². The van der Waals surface area contributed by atoms with Gasteiger partial charge in [-0.2, -0.15) is 13.2 Å². The molecule has 102 valence electrons. The maximum atomic E-state index is 11.7. The molecule has 0 aromatic carbocycles. The van der Waals surface area contributed by atoms with Crippen LogP contribution in [0.25, 0.3) is 0 Å². The summed E-state index contributed by atoms with van der Waals surface area (Å²) in [5, 5.41) is 3.27. The van der Waals surface area contributed by atoms with Gasteiger partial charge in [-0.25, -0.2) is 0 Å². The predicted octanol–water partition coefficient (Wildman–Crippen LogP) is 1.97. The summed E-state index contributed by atoms with van der Waals surface area (Å²) in [6, 6.07) is 0. The summed E-state index contributed by atoms with van der Waals surface area (Å²) in [6.45, 7) is 2.18. The Kier molecular flexibility index (Phi) is 6.84. The molecule has 0 saturated carbocycles. The minimum absolute atomic E-state index is 0.103. The van der Waals surface area contributed by atoms with E-state index in [2.05, 4.69) is 10.1 Å². The van der Waals surface area contributed by atoms with E-state index in [1.165, 1.54) is 0 Å². The molecular weight excluding hydrogens is 235 g/mol. The van der Waals surface area contributed by atoms with Gasteiger partial charge in [-0.3, -0.25) is 0 Å². The standard InChI is InChI=1S/C11H20F3NO2/c12-11(13,14)9-17-7-1-6-16-8-10-2-4-15-5-3-10/h10,15H,1-9H2. The van der Waals surface area contributed by atoms with Gasteiger partial charge in [0.1, 0.15) is 6.61 Å². The molecule has 1 heterocycles. The van der Waals surface area contributed by atoms with Crippen LogP contribution in [0.2, 0.25) is 0 Å². The zero-order valence-electron chi connectivity index (χ0n) is 9.89. The van der Waals surface area contributed by atoms with E-state index >= 15 is 0 Å². The molecule has 0 aromatic heterocycles. The van der Waals surface area contributed by atoms with Crippen LogP contribution in [0.15, 0.2) is 0 Å². The molecule has 0 aliphatic carbocycles. The van der Waals surface area contributed by atoms with Crippen LogP contribution in [0.5, 0.6) is 0 Å². The van der Waals surface area contributed by atoms with E-state index in [-0.39, 0.29) is 6.61 Å². The molecule has 0 aromatic rings. The Balaban J connectivity index is 1.84. The smallest absolute Gasteiger partial charge is 0.381 e. The molecule has 3 nitrogen and oxygen atoms in total. The molecular formula is C11H20F3NO2. The maximum absolute atomic E-state index is 11.7. The molecule has 0 atom stereocenters. The van der Waals surface area contributed by atoms with E-state index in [4.69, 9.17) is 4.74 Å². The quantitative estimate of drug-likeness (QED) is 0.706. The van der Waals surface area contributed by atoms with Crippen molar-refractivity contribution in [3.63, 3.8) is 0 Å². The van der Waals surface area contributed by atoms with Gasteiger partial charge < -0.3 is 14.8 Å². The summed E-state index contributed by atoms with van der Waals surface area (Å²) in [6.07, 6.45) is -1.48. The number of piperidine rings is 1. The average molecular weight is 255 g/mol. The van der Waals surface area contributed by atoms with Gasteiger partial charge >= 0.3 is 6.18 Å². The number of rotatable bonds is 7. The van der Waals surface area contributed by atoms with Crippen molar-refractivity contribution in [2.75, 3.05) is 39.5 Å². The number of nitrogens with one attached hydrogen (secondary N) is 1. The molecule has 0 unspecified atom stereocenters. The highest BCUT2D eigenvalue weighted by atomic mass is 19.4. The Labute approximate surface area is 99.7 Å². The van der Waals surface area contributed by atoms with Crippen LogP contribution < -0.4 is 5.32 Å². The molecule has 1 saturated heterocycles. The van der Waals surface area contributed by atoms with Crippen molar-refractivity contribution in [1.82, 2.24) is 5.32 Å². The molecule has 1 fully saturated rings. The number of hydrogen-bond donors (Lipinski definition) is 1. The fourth-order valence-electron chi connectivity index (χ4n) is 1.75. The van der Waals surface area contributed by atoms with Crippen molar-refractivity contribution in [1.29, 1.82) is 0 Å². The van der Waals surface area contributed by atoms with Gasteiger partial charge in [-0.05, 0) is 38.3 Å². The molecule has 6 heteroatoms. The fraction of sp³-hybridized carbons (Fsp3) is 1.00. The predicted molar refractivity (Wildman–Crippen MR) is 57.9 cm³/mol. The van der Waals surface area contributed by atoms with Crippen molar-refractivity contribution in [3.05, 3.63) is 0 Å². The van der Waals surface area contributed by atoms with Crippen LogP contribution in [-0.4, -0.2) is 45.7 Å². The van der Waals surface area contributed by atoms with Gasteiger partial charge in [0.05, 0.1) is 0 Å². The molecule has 0 radical (unpaired) electrons. The topological polar surface area (TPSA) is 30.5 Å². The first kappa shape index (κ1) is 14.7. The number of hydrogen-bond acceptors (Lipinski definition) is 3. The summed E-state index contributed by atoms with van der Waals surface area (Å²) in [7, 11) is 0. The van der Waals surface area contributed by atoms with E-state index in [1.807, 2.05) is 0 Å². The van der Waals surface area contributed by atoms with Crippen molar-refractivity contribution >= 4 is 0 Å². The third-order valence-corrected chi connectivity index (χ3v) is 2.66. The Morgan fingerprint density at radius 3 is 2.35 bits per heavy atom. The highest BCUT2D eigenvalue weighted by molar-refractivity contribution is 4.67. The first-order valence-electron chi connectivity index (χ1n) is 6.01. The zero-order valence-corrected chi connectivity index (χ0v) is 9.89. The molecule has 17 heavy (non-hydrogen) atoms. The third kappa shape index (κ3) is 8.40. The van der Waals surface area contributed by atoms with Crippen molar-refractivity contribution in [3.8, 4) is 0 Å². The van der Waals surface area contributed by atoms with Crippen molar-refractivity contribution in [2.24, 2.45) is 5.92 Å². The van der Waals surface area contributed by atoms with Crippen molar-refractivity contribution < 1.29 is 22.6 Å². The van der Waals surface area contributed by atoms with E-state index in [0.717, 1.165) is 25.9 Å². The number of alkyl halides is 3. The lowest BCUT2D eigenvalue weighted by atomic mass is 9.99. The van der Waals surface area contributed by atoms with Crippen molar-refractivity contribution in [2.45, 2.75) is 25.4 Å². The molecule has 1 rings (SSSR count). The van der Waals surface area contributed by atoms with E-state index in [9.17, 15) is 13.2 Å². The second kappa shape index (κ2) is 7.89. The molecule has 0 amide bonds. The monoisotopic (exact) mass is 255 g/mol. The first-order chi connectivity index (χ1) is 8.08. The molecule has 1 aliphatic rings.